The lowest BCUT2D eigenvalue weighted by Gasteiger charge is -2.25. The van der Waals surface area contributed by atoms with E-state index >= 15 is 0 Å². The van der Waals surface area contributed by atoms with Gasteiger partial charge in [0.2, 0.25) is 0 Å². The Balaban J connectivity index is 1.78. The molecule has 0 heterocycles. The van der Waals surface area contributed by atoms with Gasteiger partial charge in [-0.2, -0.15) is 0 Å². The van der Waals surface area contributed by atoms with Crippen molar-refractivity contribution in [1.82, 2.24) is 5.43 Å². The lowest BCUT2D eigenvalue weighted by Crippen LogP contribution is -2.41. The molecule has 2 rings (SSSR count). The molecule has 82 valence electrons. The summed E-state index contributed by atoms with van der Waals surface area (Å²) < 4.78 is 0. The first-order valence-electron chi connectivity index (χ1n) is 6.27. The summed E-state index contributed by atoms with van der Waals surface area (Å²) >= 11 is 0. The maximum absolute atomic E-state index is 5.67. The molecule has 2 nitrogen and oxygen atoms in total. The zero-order valence-corrected chi connectivity index (χ0v) is 9.34. The van der Waals surface area contributed by atoms with Crippen molar-refractivity contribution in [3.63, 3.8) is 0 Å². The molecule has 2 aliphatic carbocycles. The van der Waals surface area contributed by atoms with Gasteiger partial charge in [-0.1, -0.05) is 32.6 Å². The summed E-state index contributed by atoms with van der Waals surface area (Å²) in [7, 11) is 0. The van der Waals surface area contributed by atoms with Crippen LogP contribution in [0, 0.1) is 17.8 Å². The highest BCUT2D eigenvalue weighted by Gasteiger charge is 2.34. The highest BCUT2D eigenvalue weighted by molar-refractivity contribution is 4.87. The molecule has 0 aliphatic heterocycles. The first-order valence-corrected chi connectivity index (χ1v) is 6.27. The second kappa shape index (κ2) is 4.63. The van der Waals surface area contributed by atoms with E-state index < -0.39 is 0 Å². The van der Waals surface area contributed by atoms with Gasteiger partial charge in [-0.05, 0) is 37.0 Å². The topological polar surface area (TPSA) is 38.0 Å². The van der Waals surface area contributed by atoms with Gasteiger partial charge in [-0.3, -0.25) is 11.3 Å². The van der Waals surface area contributed by atoms with Crippen molar-refractivity contribution in [2.75, 3.05) is 0 Å². The molecule has 0 aromatic carbocycles. The van der Waals surface area contributed by atoms with Gasteiger partial charge in [-0.15, -0.1) is 0 Å². The lowest BCUT2D eigenvalue weighted by atomic mass is 9.88. The fourth-order valence-corrected chi connectivity index (χ4v) is 2.99. The molecule has 2 saturated carbocycles. The van der Waals surface area contributed by atoms with Gasteiger partial charge in [0, 0.05) is 6.04 Å². The summed E-state index contributed by atoms with van der Waals surface area (Å²) in [5, 5.41) is 0. The molecule has 0 saturated heterocycles. The summed E-state index contributed by atoms with van der Waals surface area (Å²) in [5.41, 5.74) is 3.05. The van der Waals surface area contributed by atoms with Gasteiger partial charge >= 0.3 is 0 Å². The van der Waals surface area contributed by atoms with Crippen LogP contribution in [0.1, 0.15) is 51.9 Å². The van der Waals surface area contributed by atoms with Crippen LogP contribution in [0.25, 0.3) is 0 Å². The normalized spacial score (nSPS) is 27.9. The fourth-order valence-electron chi connectivity index (χ4n) is 2.99. The van der Waals surface area contributed by atoms with Gasteiger partial charge in [0.15, 0.2) is 0 Å². The van der Waals surface area contributed by atoms with Gasteiger partial charge in [0.25, 0.3) is 0 Å². The maximum atomic E-state index is 5.67. The van der Waals surface area contributed by atoms with Crippen molar-refractivity contribution in [2.45, 2.75) is 57.9 Å². The molecule has 2 unspecified atom stereocenters. The van der Waals surface area contributed by atoms with Gasteiger partial charge in [0.05, 0.1) is 0 Å². The molecule has 14 heavy (non-hydrogen) atoms. The predicted molar refractivity (Wildman–Crippen MR) is 59.6 cm³/mol. The van der Waals surface area contributed by atoms with E-state index in [1.807, 2.05) is 0 Å². The highest BCUT2D eigenvalue weighted by atomic mass is 15.2. The molecule has 0 spiro atoms. The molecule has 3 N–H and O–H groups in total. The van der Waals surface area contributed by atoms with Crippen LogP contribution in [-0.4, -0.2) is 6.04 Å². The first kappa shape index (κ1) is 10.4. The smallest absolute Gasteiger partial charge is 0.0241 e. The molecule has 0 bridgehead atoms. The van der Waals surface area contributed by atoms with Crippen molar-refractivity contribution in [3.05, 3.63) is 0 Å². The standard InChI is InChI=1S/C12H24N2/c1-9(11-6-7-11)12(14-13)8-10-4-2-3-5-10/h9-12,14H,2-8,13H2,1H3. The Kier molecular flexibility index (Phi) is 3.45. The minimum Gasteiger partial charge on any atom is -0.271 e. The van der Waals surface area contributed by atoms with Crippen LogP contribution in [0.4, 0.5) is 0 Å². The predicted octanol–water partition coefficient (Wildman–Crippen LogP) is 2.44. The van der Waals surface area contributed by atoms with Crippen molar-refractivity contribution < 1.29 is 0 Å². The number of nitrogens with one attached hydrogen (secondary N) is 1. The summed E-state index contributed by atoms with van der Waals surface area (Å²) in [5.74, 6) is 8.39. The maximum Gasteiger partial charge on any atom is 0.0241 e. The quantitative estimate of drug-likeness (QED) is 0.523. The van der Waals surface area contributed by atoms with E-state index in [2.05, 4.69) is 12.3 Å². The van der Waals surface area contributed by atoms with E-state index in [1.54, 1.807) is 0 Å². The Labute approximate surface area is 87.6 Å². The van der Waals surface area contributed by atoms with Crippen LogP contribution in [0.5, 0.6) is 0 Å². The van der Waals surface area contributed by atoms with Crippen LogP contribution >= 0.6 is 0 Å². The van der Waals surface area contributed by atoms with Crippen molar-refractivity contribution in [3.8, 4) is 0 Å². The van der Waals surface area contributed by atoms with Crippen LogP contribution in [0.2, 0.25) is 0 Å². The number of hydrogen-bond donors (Lipinski definition) is 2. The third-order valence-corrected chi connectivity index (χ3v) is 4.28. The van der Waals surface area contributed by atoms with Gasteiger partial charge in [0.1, 0.15) is 0 Å². The van der Waals surface area contributed by atoms with Crippen LogP contribution in [0.3, 0.4) is 0 Å². The molecular formula is C12H24N2. The summed E-state index contributed by atoms with van der Waals surface area (Å²) in [6.07, 6.45) is 9.95. The number of rotatable bonds is 5. The molecule has 0 amide bonds. The summed E-state index contributed by atoms with van der Waals surface area (Å²) in [6.45, 7) is 2.37. The molecule has 2 atom stereocenters. The average Bonchev–Trinajstić information content (AvgIpc) is 2.93. The summed E-state index contributed by atoms with van der Waals surface area (Å²) in [4.78, 5) is 0. The van der Waals surface area contributed by atoms with E-state index in [1.165, 1.54) is 44.9 Å². The van der Waals surface area contributed by atoms with Gasteiger partial charge in [-0.25, -0.2) is 0 Å². The molecule has 0 aromatic rings. The van der Waals surface area contributed by atoms with E-state index in [0.717, 1.165) is 17.8 Å². The number of hydrogen-bond acceptors (Lipinski definition) is 2. The van der Waals surface area contributed by atoms with E-state index in [-0.39, 0.29) is 0 Å². The SMILES string of the molecule is CC(C1CC1)C(CC1CCCC1)NN. The van der Waals surface area contributed by atoms with Crippen molar-refractivity contribution >= 4 is 0 Å². The third kappa shape index (κ3) is 2.48. The van der Waals surface area contributed by atoms with Crippen LogP contribution in [0.15, 0.2) is 0 Å². The zero-order chi connectivity index (χ0) is 9.97. The second-order valence-electron chi connectivity index (χ2n) is 5.36. The zero-order valence-electron chi connectivity index (χ0n) is 9.34. The van der Waals surface area contributed by atoms with E-state index in [0.29, 0.717) is 6.04 Å². The molecule has 2 fully saturated rings. The Morgan fingerprint density at radius 1 is 1.21 bits per heavy atom. The Morgan fingerprint density at radius 3 is 2.36 bits per heavy atom. The Bertz CT molecular complexity index is 171. The van der Waals surface area contributed by atoms with Gasteiger partial charge < -0.3 is 0 Å². The number of hydrazine groups is 1. The molecule has 0 radical (unpaired) electrons. The average molecular weight is 196 g/mol. The Morgan fingerprint density at radius 2 is 1.86 bits per heavy atom. The van der Waals surface area contributed by atoms with Crippen molar-refractivity contribution in [1.29, 1.82) is 0 Å². The minimum atomic E-state index is 0.575. The van der Waals surface area contributed by atoms with Crippen LogP contribution in [-0.2, 0) is 0 Å². The lowest BCUT2D eigenvalue weighted by molar-refractivity contribution is 0.286. The fraction of sp³-hybridized carbons (Fsp3) is 1.00. The minimum absolute atomic E-state index is 0.575. The number of nitrogens with two attached hydrogens (primary N) is 1. The molecule has 2 aliphatic rings. The molecule has 0 aromatic heterocycles. The molecular weight excluding hydrogens is 172 g/mol. The highest BCUT2D eigenvalue weighted by Crippen LogP contribution is 2.40. The summed E-state index contributed by atoms with van der Waals surface area (Å²) in [6, 6.07) is 0.575. The third-order valence-electron chi connectivity index (χ3n) is 4.28. The van der Waals surface area contributed by atoms with E-state index in [4.69, 9.17) is 5.84 Å². The van der Waals surface area contributed by atoms with Crippen LogP contribution < -0.4 is 11.3 Å². The first-order chi connectivity index (χ1) is 6.81. The van der Waals surface area contributed by atoms with Crippen molar-refractivity contribution in [2.24, 2.45) is 23.6 Å². The second-order valence-corrected chi connectivity index (χ2v) is 5.36. The Hall–Kier alpha value is -0.0800. The largest absolute Gasteiger partial charge is 0.271 e. The van der Waals surface area contributed by atoms with E-state index in [9.17, 15) is 0 Å². The monoisotopic (exact) mass is 196 g/mol. The molecule has 2 heteroatoms.